The van der Waals surface area contributed by atoms with Crippen LogP contribution in [0, 0.1) is 0 Å². The molecule has 1 atom stereocenters. The van der Waals surface area contributed by atoms with E-state index in [0.717, 1.165) is 6.92 Å². The van der Waals surface area contributed by atoms with Gasteiger partial charge in [-0.25, -0.2) is 4.79 Å². The number of carboxylic acid groups (broad SMARTS) is 4. The van der Waals surface area contributed by atoms with Gasteiger partial charge in [-0.1, -0.05) is 0 Å². The van der Waals surface area contributed by atoms with Gasteiger partial charge in [0.2, 0.25) is 0 Å². The van der Waals surface area contributed by atoms with Crippen LogP contribution >= 0.6 is 0 Å². The van der Waals surface area contributed by atoms with Gasteiger partial charge >= 0.3 is 17.9 Å². The molecule has 0 aromatic heterocycles. The van der Waals surface area contributed by atoms with E-state index in [2.05, 4.69) is 0 Å². The summed E-state index contributed by atoms with van der Waals surface area (Å²) in [6.45, 7) is 1.55. The molecule has 0 aliphatic heterocycles. The van der Waals surface area contributed by atoms with E-state index in [-0.39, 0.29) is 26.1 Å². The molecule has 0 aliphatic rings. The van der Waals surface area contributed by atoms with E-state index >= 15 is 0 Å². The van der Waals surface area contributed by atoms with Gasteiger partial charge in [0, 0.05) is 6.92 Å². The highest BCUT2D eigenvalue weighted by Crippen LogP contribution is 1.86. The third-order valence-corrected chi connectivity index (χ3v) is 1.33. The van der Waals surface area contributed by atoms with Crippen LogP contribution in [0.4, 0.5) is 0 Å². The summed E-state index contributed by atoms with van der Waals surface area (Å²) in [5.41, 5.74) is 0. The van der Waals surface area contributed by atoms with Crippen molar-refractivity contribution in [2.45, 2.75) is 38.9 Å². The first-order chi connectivity index (χ1) is 10.8. The Labute approximate surface area is 137 Å². The molecule has 24 heavy (non-hydrogen) atoms. The van der Waals surface area contributed by atoms with Crippen LogP contribution in [0.1, 0.15) is 26.7 Å². The second-order valence-corrected chi connectivity index (χ2v) is 3.84. The largest absolute Gasteiger partial charge is 0.481 e. The van der Waals surface area contributed by atoms with Crippen molar-refractivity contribution in [2.75, 3.05) is 13.2 Å². The van der Waals surface area contributed by atoms with E-state index in [1.807, 2.05) is 0 Å². The van der Waals surface area contributed by atoms with Crippen molar-refractivity contribution in [1.82, 2.24) is 0 Å². The van der Waals surface area contributed by atoms with Crippen LogP contribution in [0.5, 0.6) is 0 Å². The van der Waals surface area contributed by atoms with Crippen molar-refractivity contribution >= 4 is 23.9 Å². The number of carboxylic acids is 4. The summed E-state index contributed by atoms with van der Waals surface area (Å²) in [5.74, 6) is -4.17. The van der Waals surface area contributed by atoms with Crippen molar-refractivity contribution in [3.63, 3.8) is 0 Å². The lowest BCUT2D eigenvalue weighted by atomic mass is 10.3. The first-order valence-electron chi connectivity index (χ1n) is 6.25. The van der Waals surface area contributed by atoms with E-state index in [4.69, 9.17) is 45.6 Å². The molecule has 0 aromatic rings. The smallest absolute Gasteiger partial charge is 0.332 e. The zero-order valence-electron chi connectivity index (χ0n) is 13.2. The fraction of sp³-hybridized carbons (Fsp3) is 0.667. The summed E-state index contributed by atoms with van der Waals surface area (Å²) in [7, 11) is 0. The molecule has 0 aromatic carbocycles. The monoisotopic (exact) mass is 360 g/mol. The van der Waals surface area contributed by atoms with Gasteiger partial charge in [-0.05, 0) is 6.92 Å². The van der Waals surface area contributed by atoms with Crippen molar-refractivity contribution in [1.29, 1.82) is 0 Å². The van der Waals surface area contributed by atoms with Crippen molar-refractivity contribution < 1.29 is 60.0 Å². The molecule has 0 heterocycles. The van der Waals surface area contributed by atoms with Crippen LogP contribution in [0.15, 0.2) is 0 Å². The minimum Gasteiger partial charge on any atom is -0.481 e. The Bertz CT molecular complexity index is 330. The Morgan fingerprint density at radius 2 is 1.00 bits per heavy atom. The normalized spacial score (nSPS) is 9.79. The maximum atomic E-state index is 9.64. The standard InChI is InChI=1S/C4H6O4.C3H8O3.C3H6O3.C2H4O2/c5-3(6)1-2-4(7)8;4-1-3(6)2-5;1-2(4)3(5)6;1-2(3)4/h1-2H2,(H,5,6)(H,7,8);3-6H,1-2H2;2,4H,1H3,(H,5,6);1H3,(H,3,4). The average molecular weight is 360 g/mol. The third-order valence-electron chi connectivity index (χ3n) is 1.33. The van der Waals surface area contributed by atoms with Crippen molar-refractivity contribution in [3.05, 3.63) is 0 Å². The SMILES string of the molecule is CC(=O)O.CC(O)C(=O)O.O=C(O)CCC(=O)O.OCC(O)CO. The fourth-order valence-corrected chi connectivity index (χ4v) is 0.272. The van der Waals surface area contributed by atoms with Crippen LogP contribution in [-0.4, -0.2) is 90.2 Å². The van der Waals surface area contributed by atoms with Gasteiger partial charge in [0.25, 0.3) is 5.97 Å². The predicted molar refractivity (Wildman–Crippen MR) is 77.3 cm³/mol. The average Bonchev–Trinajstić information content (AvgIpc) is 2.44. The van der Waals surface area contributed by atoms with Crippen LogP contribution in [0.25, 0.3) is 0 Å². The lowest BCUT2D eigenvalue weighted by Crippen LogP contribution is -2.15. The van der Waals surface area contributed by atoms with Crippen molar-refractivity contribution in [3.8, 4) is 0 Å². The predicted octanol–water partition coefficient (Wildman–Crippen LogP) is -2.19. The quantitative estimate of drug-likeness (QED) is 0.252. The van der Waals surface area contributed by atoms with E-state index < -0.39 is 36.1 Å². The summed E-state index contributed by atoms with van der Waals surface area (Å²) in [5, 5.41) is 63.0. The number of aliphatic hydroxyl groups is 4. The number of hydrogen-bond acceptors (Lipinski definition) is 8. The van der Waals surface area contributed by atoms with Gasteiger partial charge in [0.15, 0.2) is 0 Å². The lowest BCUT2D eigenvalue weighted by molar-refractivity contribution is -0.145. The number of rotatable bonds is 6. The molecule has 0 aliphatic carbocycles. The topological polar surface area (TPSA) is 230 Å². The Morgan fingerprint density at radius 1 is 0.792 bits per heavy atom. The van der Waals surface area contributed by atoms with Gasteiger partial charge in [-0.2, -0.15) is 0 Å². The number of hydrogen-bond donors (Lipinski definition) is 8. The first kappa shape index (κ1) is 29.7. The molecule has 0 amide bonds. The molecule has 0 rings (SSSR count). The Morgan fingerprint density at radius 3 is 1.04 bits per heavy atom. The molecule has 0 saturated carbocycles. The summed E-state index contributed by atoms with van der Waals surface area (Å²) in [4.78, 5) is 37.7. The molecule has 0 fully saturated rings. The molecular formula is C12H24O12. The van der Waals surface area contributed by atoms with E-state index in [1.165, 1.54) is 6.92 Å². The van der Waals surface area contributed by atoms with E-state index in [1.54, 1.807) is 0 Å². The van der Waals surface area contributed by atoms with Gasteiger partial charge in [-0.15, -0.1) is 0 Å². The number of carbonyl (C=O) groups is 4. The van der Waals surface area contributed by atoms with Gasteiger partial charge in [0.1, 0.15) is 12.2 Å². The Hall–Kier alpha value is -2.28. The maximum Gasteiger partial charge on any atom is 0.332 e. The molecule has 12 heteroatoms. The minimum absolute atomic E-state index is 0.296. The number of aliphatic carboxylic acids is 4. The molecule has 1 unspecified atom stereocenters. The molecule has 0 saturated heterocycles. The summed E-state index contributed by atoms with van der Waals surface area (Å²) >= 11 is 0. The highest BCUT2D eigenvalue weighted by Gasteiger charge is 2.01. The molecule has 144 valence electrons. The molecule has 0 spiro atoms. The highest BCUT2D eigenvalue weighted by molar-refractivity contribution is 5.75. The van der Waals surface area contributed by atoms with Crippen LogP contribution in [0.3, 0.4) is 0 Å². The minimum atomic E-state index is -1.23. The molecule has 0 radical (unpaired) electrons. The Kier molecular flexibility index (Phi) is 25.6. The second kappa shape index (κ2) is 20.7. The van der Waals surface area contributed by atoms with Crippen LogP contribution in [-0.2, 0) is 19.2 Å². The highest BCUT2D eigenvalue weighted by atomic mass is 16.4. The molecule has 12 nitrogen and oxygen atoms in total. The Balaban J connectivity index is -0.000000114. The van der Waals surface area contributed by atoms with Gasteiger partial charge < -0.3 is 40.9 Å². The number of aliphatic hydroxyl groups excluding tert-OH is 4. The van der Waals surface area contributed by atoms with E-state index in [9.17, 15) is 14.4 Å². The summed E-state index contributed by atoms with van der Waals surface area (Å²) in [6.07, 6.45) is -2.78. The third kappa shape index (κ3) is 60.1. The summed E-state index contributed by atoms with van der Waals surface area (Å²) in [6, 6.07) is 0. The van der Waals surface area contributed by atoms with Gasteiger partial charge in [0.05, 0.1) is 26.1 Å². The molecule has 0 bridgehead atoms. The van der Waals surface area contributed by atoms with Gasteiger partial charge in [-0.3, -0.25) is 14.4 Å². The summed E-state index contributed by atoms with van der Waals surface area (Å²) < 4.78 is 0. The maximum absolute atomic E-state index is 9.64. The second-order valence-electron chi connectivity index (χ2n) is 3.84. The zero-order valence-corrected chi connectivity index (χ0v) is 13.2. The van der Waals surface area contributed by atoms with Crippen LogP contribution in [0.2, 0.25) is 0 Å². The first-order valence-corrected chi connectivity index (χ1v) is 6.25. The zero-order chi connectivity index (χ0) is 20.3. The van der Waals surface area contributed by atoms with E-state index in [0.29, 0.717) is 0 Å². The fourth-order valence-electron chi connectivity index (χ4n) is 0.272. The molecular weight excluding hydrogens is 336 g/mol. The lowest BCUT2D eigenvalue weighted by Gasteiger charge is -1.96. The molecule has 8 N–H and O–H groups in total. The van der Waals surface area contributed by atoms with Crippen LogP contribution < -0.4 is 0 Å². The van der Waals surface area contributed by atoms with Crippen molar-refractivity contribution in [2.24, 2.45) is 0 Å².